The standard InChI is InChI=1S/C39H51NO5/c1-24-11-8-15-29(19-24)34(41)31-17-9-16-30-33-25(2)36(37-35(43-4)26(3)38(42)45-37)44-32(33)22-39(23-40(30)31)18-10-14-28(21-39)20-27-12-6-5-7-13-27/h5-8,12-13,15,22,24-25,28-31,33-34,41H,9-11,14,16-21,23H2,1-4H3. The maximum atomic E-state index is 12.6. The van der Waals surface area contributed by atoms with Gasteiger partial charge in [-0.3, -0.25) is 4.90 Å². The Bertz CT molecular complexity index is 1410. The van der Waals surface area contributed by atoms with Gasteiger partial charge in [-0.2, -0.15) is 0 Å². The highest BCUT2D eigenvalue weighted by molar-refractivity contribution is 5.93. The van der Waals surface area contributed by atoms with E-state index in [1.165, 1.54) is 18.4 Å². The summed E-state index contributed by atoms with van der Waals surface area (Å²) in [4.78, 5) is 15.4. The van der Waals surface area contributed by atoms with Crippen molar-refractivity contribution in [1.82, 2.24) is 4.90 Å². The second-order valence-corrected chi connectivity index (χ2v) is 15.1. The maximum Gasteiger partial charge on any atom is 0.343 e. The second-order valence-electron chi connectivity index (χ2n) is 15.1. The molecule has 4 heterocycles. The quantitative estimate of drug-likeness (QED) is 0.275. The molecular formula is C39H51NO5. The number of piperidine rings is 1. The summed E-state index contributed by atoms with van der Waals surface area (Å²) >= 11 is 0. The predicted molar refractivity (Wildman–Crippen MR) is 174 cm³/mol. The van der Waals surface area contributed by atoms with Crippen molar-refractivity contribution in [2.75, 3.05) is 13.7 Å². The molecule has 9 unspecified atom stereocenters. The molecule has 0 radical (unpaired) electrons. The Morgan fingerprint density at radius 2 is 1.93 bits per heavy atom. The van der Waals surface area contributed by atoms with Crippen molar-refractivity contribution in [2.45, 2.75) is 103 Å². The van der Waals surface area contributed by atoms with Gasteiger partial charge in [-0.1, -0.05) is 75.6 Å². The largest absolute Gasteiger partial charge is 0.492 e. The summed E-state index contributed by atoms with van der Waals surface area (Å²) in [6, 6.07) is 11.3. The molecule has 242 valence electrons. The van der Waals surface area contributed by atoms with Gasteiger partial charge in [0.25, 0.3) is 0 Å². The van der Waals surface area contributed by atoms with Crippen LogP contribution in [0.2, 0.25) is 0 Å². The first kappa shape index (κ1) is 30.8. The third-order valence-electron chi connectivity index (χ3n) is 12.0. The number of esters is 1. The van der Waals surface area contributed by atoms with Crippen LogP contribution in [0.4, 0.5) is 0 Å². The number of rotatable bonds is 5. The van der Waals surface area contributed by atoms with Gasteiger partial charge in [0, 0.05) is 41.8 Å². The zero-order chi connectivity index (χ0) is 31.3. The molecule has 1 aromatic rings. The van der Waals surface area contributed by atoms with E-state index in [9.17, 15) is 9.90 Å². The van der Waals surface area contributed by atoms with E-state index in [-0.39, 0.29) is 47.3 Å². The SMILES string of the molecule is COC1=C(C)C(=O)OC1=C1OC2=CC3(CCCC(Cc4ccccc4)C3)CN3C(C(O)C4C=CCC(C)C4)CCCC3C2C1C. The number of allylic oxidation sites excluding steroid dienone is 2. The van der Waals surface area contributed by atoms with Gasteiger partial charge in [0.2, 0.25) is 5.76 Å². The Kier molecular flexibility index (Phi) is 8.49. The number of cyclic esters (lactones) is 1. The lowest BCUT2D eigenvalue weighted by atomic mass is 9.67. The molecule has 4 aliphatic heterocycles. The number of fused-ring (bicyclic) bond motifs is 3. The molecule has 2 aliphatic carbocycles. The average Bonchev–Trinajstić information content (AvgIpc) is 3.45. The van der Waals surface area contributed by atoms with Gasteiger partial charge < -0.3 is 19.3 Å². The van der Waals surface area contributed by atoms with Crippen molar-refractivity contribution in [3.05, 3.63) is 82.7 Å². The summed E-state index contributed by atoms with van der Waals surface area (Å²) in [5.41, 5.74) is 1.87. The molecule has 0 amide bonds. The normalized spacial score (nSPS) is 39.1. The lowest BCUT2D eigenvalue weighted by Gasteiger charge is -2.51. The molecule has 3 fully saturated rings. The average molecular weight is 614 g/mol. The van der Waals surface area contributed by atoms with Crippen LogP contribution < -0.4 is 0 Å². The van der Waals surface area contributed by atoms with Crippen LogP contribution in [0.15, 0.2) is 77.2 Å². The first-order valence-electron chi connectivity index (χ1n) is 17.5. The molecule has 1 aromatic carbocycles. The Morgan fingerprint density at radius 3 is 2.71 bits per heavy atom. The van der Waals surface area contributed by atoms with Crippen molar-refractivity contribution >= 4 is 5.97 Å². The van der Waals surface area contributed by atoms with E-state index in [4.69, 9.17) is 14.2 Å². The fraction of sp³-hybridized carbons (Fsp3) is 0.615. The lowest BCUT2D eigenvalue weighted by Crippen LogP contribution is -2.58. The first-order valence-corrected chi connectivity index (χ1v) is 17.5. The van der Waals surface area contributed by atoms with E-state index in [1.54, 1.807) is 14.0 Å². The summed E-state index contributed by atoms with van der Waals surface area (Å²) in [5.74, 6) is 3.88. The number of aliphatic hydroxyl groups excluding tert-OH is 1. The fourth-order valence-electron chi connectivity index (χ4n) is 9.88. The summed E-state index contributed by atoms with van der Waals surface area (Å²) in [6.07, 6.45) is 17.8. The van der Waals surface area contributed by atoms with Crippen LogP contribution in [0, 0.1) is 35.0 Å². The minimum atomic E-state index is -0.383. The number of benzene rings is 1. The number of hydrogen-bond acceptors (Lipinski definition) is 6. The summed E-state index contributed by atoms with van der Waals surface area (Å²) in [7, 11) is 1.59. The van der Waals surface area contributed by atoms with E-state index in [2.05, 4.69) is 67.3 Å². The molecule has 7 rings (SSSR count). The fourth-order valence-corrected chi connectivity index (χ4v) is 9.88. The Labute approximate surface area is 269 Å². The highest BCUT2D eigenvalue weighted by Crippen LogP contribution is 2.55. The summed E-state index contributed by atoms with van der Waals surface area (Å²) < 4.78 is 18.4. The van der Waals surface area contributed by atoms with Crippen LogP contribution in [0.1, 0.15) is 84.1 Å². The minimum Gasteiger partial charge on any atom is -0.492 e. The summed E-state index contributed by atoms with van der Waals surface area (Å²) in [6.45, 7) is 7.26. The van der Waals surface area contributed by atoms with Gasteiger partial charge in [-0.15, -0.1) is 0 Å². The van der Waals surface area contributed by atoms with Crippen LogP contribution in [0.3, 0.4) is 0 Å². The van der Waals surface area contributed by atoms with E-state index < -0.39 is 0 Å². The lowest BCUT2D eigenvalue weighted by molar-refractivity contribution is -0.133. The molecular weight excluding hydrogens is 562 g/mol. The van der Waals surface area contributed by atoms with Crippen molar-refractivity contribution in [3.8, 4) is 0 Å². The van der Waals surface area contributed by atoms with Gasteiger partial charge in [-0.25, -0.2) is 4.79 Å². The molecule has 9 atom stereocenters. The van der Waals surface area contributed by atoms with E-state index in [1.807, 2.05) is 0 Å². The van der Waals surface area contributed by atoms with Crippen molar-refractivity contribution in [3.63, 3.8) is 0 Å². The molecule has 45 heavy (non-hydrogen) atoms. The molecule has 0 bridgehead atoms. The van der Waals surface area contributed by atoms with Crippen LogP contribution in [-0.2, 0) is 25.4 Å². The predicted octanol–water partition coefficient (Wildman–Crippen LogP) is 7.46. The highest BCUT2D eigenvalue weighted by Gasteiger charge is 2.54. The molecule has 1 saturated carbocycles. The van der Waals surface area contributed by atoms with E-state index in [0.717, 1.165) is 63.7 Å². The molecule has 1 N–H and O–H groups in total. The number of carbonyl (C=O) groups excluding carboxylic acids is 1. The first-order chi connectivity index (χ1) is 21.8. The van der Waals surface area contributed by atoms with Crippen molar-refractivity contribution in [2.24, 2.45) is 35.0 Å². The second kappa shape index (κ2) is 12.4. The number of carbonyl (C=O) groups is 1. The van der Waals surface area contributed by atoms with Crippen molar-refractivity contribution in [1.29, 1.82) is 0 Å². The van der Waals surface area contributed by atoms with Crippen molar-refractivity contribution < 1.29 is 24.1 Å². The summed E-state index contributed by atoms with van der Waals surface area (Å²) in [5, 5.41) is 12.1. The van der Waals surface area contributed by atoms with E-state index in [0.29, 0.717) is 34.7 Å². The van der Waals surface area contributed by atoms with Gasteiger partial charge in [0.1, 0.15) is 5.76 Å². The number of ether oxygens (including phenoxy) is 3. The zero-order valence-electron chi connectivity index (χ0n) is 27.5. The maximum absolute atomic E-state index is 12.6. The van der Waals surface area contributed by atoms with Gasteiger partial charge in [-0.05, 0) is 75.3 Å². The molecule has 2 saturated heterocycles. The van der Waals surface area contributed by atoms with Crippen LogP contribution >= 0.6 is 0 Å². The van der Waals surface area contributed by atoms with E-state index >= 15 is 0 Å². The third kappa shape index (κ3) is 5.71. The topological polar surface area (TPSA) is 68.2 Å². The number of methoxy groups -OCH3 is 1. The van der Waals surface area contributed by atoms with Crippen LogP contribution in [-0.4, -0.2) is 47.8 Å². The third-order valence-corrected chi connectivity index (χ3v) is 12.0. The smallest absolute Gasteiger partial charge is 0.343 e. The van der Waals surface area contributed by atoms with Gasteiger partial charge >= 0.3 is 5.97 Å². The number of nitrogens with zero attached hydrogens (tertiary/aromatic N) is 1. The molecule has 1 spiro atoms. The van der Waals surface area contributed by atoms with Gasteiger partial charge in [0.15, 0.2) is 11.5 Å². The monoisotopic (exact) mass is 613 g/mol. The minimum absolute atomic E-state index is 0.0203. The molecule has 6 nitrogen and oxygen atoms in total. The Hall–Kier alpha value is -2.83. The Balaban J connectivity index is 1.28. The van der Waals surface area contributed by atoms with Crippen LogP contribution in [0.25, 0.3) is 0 Å². The highest BCUT2D eigenvalue weighted by atomic mass is 16.6. The van der Waals surface area contributed by atoms with Crippen LogP contribution in [0.5, 0.6) is 0 Å². The molecule has 0 aromatic heterocycles. The Morgan fingerprint density at radius 1 is 1.11 bits per heavy atom. The molecule has 6 heteroatoms. The molecule has 6 aliphatic rings. The zero-order valence-corrected chi connectivity index (χ0v) is 27.5. The number of aliphatic hydroxyl groups is 1. The van der Waals surface area contributed by atoms with Gasteiger partial charge in [0.05, 0.1) is 18.8 Å². The number of hydrogen-bond donors (Lipinski definition) is 1.